The molecule has 4 nitrogen and oxygen atoms in total. The molecule has 0 aliphatic rings. The number of benzene rings is 1. The van der Waals surface area contributed by atoms with Crippen LogP contribution < -0.4 is 15.4 Å². The SMILES string of the molecule is CCCC(C)NC(=O)C(C)NCCOc1cccc(C)c1. The van der Waals surface area contributed by atoms with Gasteiger partial charge in [0.1, 0.15) is 12.4 Å². The van der Waals surface area contributed by atoms with Gasteiger partial charge in [0.15, 0.2) is 0 Å². The summed E-state index contributed by atoms with van der Waals surface area (Å²) in [7, 11) is 0. The summed E-state index contributed by atoms with van der Waals surface area (Å²) in [5.74, 6) is 0.914. The molecule has 2 atom stereocenters. The summed E-state index contributed by atoms with van der Waals surface area (Å²) in [6.07, 6.45) is 2.09. The van der Waals surface area contributed by atoms with Crippen molar-refractivity contribution >= 4 is 5.91 Å². The minimum Gasteiger partial charge on any atom is -0.492 e. The lowest BCUT2D eigenvalue weighted by Crippen LogP contribution is -2.46. The predicted molar refractivity (Wildman–Crippen MR) is 86.7 cm³/mol. The number of ether oxygens (including phenoxy) is 1. The first kappa shape index (κ1) is 17.5. The number of carbonyl (C=O) groups is 1. The summed E-state index contributed by atoms with van der Waals surface area (Å²) in [6, 6.07) is 7.98. The van der Waals surface area contributed by atoms with Crippen molar-refractivity contribution in [2.45, 2.75) is 52.6 Å². The van der Waals surface area contributed by atoms with E-state index in [0.29, 0.717) is 13.2 Å². The van der Waals surface area contributed by atoms with Crippen LogP contribution in [-0.4, -0.2) is 31.1 Å². The van der Waals surface area contributed by atoms with Crippen molar-refractivity contribution in [2.75, 3.05) is 13.2 Å². The van der Waals surface area contributed by atoms with Crippen LogP contribution in [0, 0.1) is 6.92 Å². The first-order chi connectivity index (χ1) is 10.0. The van der Waals surface area contributed by atoms with Crippen LogP contribution in [0.2, 0.25) is 0 Å². The van der Waals surface area contributed by atoms with E-state index in [0.717, 1.165) is 18.6 Å². The molecule has 0 radical (unpaired) electrons. The third-order valence-corrected chi connectivity index (χ3v) is 3.31. The maximum absolute atomic E-state index is 11.9. The lowest BCUT2D eigenvalue weighted by Gasteiger charge is -2.18. The summed E-state index contributed by atoms with van der Waals surface area (Å²) in [4.78, 5) is 11.9. The molecule has 0 aliphatic carbocycles. The molecule has 0 aromatic heterocycles. The van der Waals surface area contributed by atoms with E-state index in [-0.39, 0.29) is 18.0 Å². The average Bonchev–Trinajstić information content (AvgIpc) is 2.43. The zero-order valence-electron chi connectivity index (χ0n) is 13.6. The highest BCUT2D eigenvalue weighted by atomic mass is 16.5. The fraction of sp³-hybridized carbons (Fsp3) is 0.588. The Morgan fingerprint density at radius 1 is 1.33 bits per heavy atom. The summed E-state index contributed by atoms with van der Waals surface area (Å²) in [5, 5.41) is 6.18. The van der Waals surface area contributed by atoms with Crippen LogP contribution >= 0.6 is 0 Å². The molecule has 0 spiro atoms. The highest BCUT2D eigenvalue weighted by molar-refractivity contribution is 5.81. The number of hydrogen-bond donors (Lipinski definition) is 2. The molecular weight excluding hydrogens is 264 g/mol. The quantitative estimate of drug-likeness (QED) is 0.688. The number of aryl methyl sites for hydroxylation is 1. The summed E-state index contributed by atoms with van der Waals surface area (Å²) in [5.41, 5.74) is 1.18. The van der Waals surface area contributed by atoms with Gasteiger partial charge in [0.05, 0.1) is 6.04 Å². The molecule has 21 heavy (non-hydrogen) atoms. The van der Waals surface area contributed by atoms with E-state index >= 15 is 0 Å². The molecule has 2 N–H and O–H groups in total. The molecule has 4 heteroatoms. The van der Waals surface area contributed by atoms with E-state index in [1.165, 1.54) is 5.56 Å². The predicted octanol–water partition coefficient (Wildman–Crippen LogP) is 2.66. The Bertz CT molecular complexity index is 435. The fourth-order valence-corrected chi connectivity index (χ4v) is 2.12. The smallest absolute Gasteiger partial charge is 0.237 e. The molecule has 1 amide bonds. The van der Waals surface area contributed by atoms with Gasteiger partial charge in [0.2, 0.25) is 5.91 Å². The normalized spacial score (nSPS) is 13.5. The second kappa shape index (κ2) is 9.40. The highest BCUT2D eigenvalue weighted by Gasteiger charge is 2.13. The molecule has 0 saturated carbocycles. The highest BCUT2D eigenvalue weighted by Crippen LogP contribution is 2.11. The Morgan fingerprint density at radius 3 is 2.76 bits per heavy atom. The van der Waals surface area contributed by atoms with Crippen LogP contribution in [0.5, 0.6) is 5.75 Å². The lowest BCUT2D eigenvalue weighted by atomic mass is 10.2. The Hall–Kier alpha value is -1.55. The number of rotatable bonds is 9. The van der Waals surface area contributed by atoms with Crippen LogP contribution in [0.1, 0.15) is 39.2 Å². The molecule has 1 aromatic rings. The topological polar surface area (TPSA) is 50.4 Å². The Balaban J connectivity index is 2.21. The maximum Gasteiger partial charge on any atom is 0.237 e. The fourth-order valence-electron chi connectivity index (χ4n) is 2.12. The van der Waals surface area contributed by atoms with Gasteiger partial charge in [0.25, 0.3) is 0 Å². The van der Waals surface area contributed by atoms with Gasteiger partial charge in [-0.15, -0.1) is 0 Å². The van der Waals surface area contributed by atoms with Gasteiger partial charge < -0.3 is 15.4 Å². The van der Waals surface area contributed by atoms with Crippen molar-refractivity contribution in [2.24, 2.45) is 0 Å². The molecule has 0 aliphatic heterocycles. The minimum absolute atomic E-state index is 0.0477. The molecule has 0 fully saturated rings. The van der Waals surface area contributed by atoms with Gasteiger partial charge in [-0.25, -0.2) is 0 Å². The lowest BCUT2D eigenvalue weighted by molar-refractivity contribution is -0.123. The second-order valence-electron chi connectivity index (χ2n) is 5.54. The van der Waals surface area contributed by atoms with Gasteiger partial charge in [-0.2, -0.15) is 0 Å². The Labute approximate surface area is 128 Å². The van der Waals surface area contributed by atoms with Crippen LogP contribution in [0.4, 0.5) is 0 Å². The van der Waals surface area contributed by atoms with Gasteiger partial charge >= 0.3 is 0 Å². The van der Waals surface area contributed by atoms with Crippen molar-refractivity contribution < 1.29 is 9.53 Å². The molecule has 2 unspecified atom stereocenters. The second-order valence-corrected chi connectivity index (χ2v) is 5.54. The number of nitrogens with one attached hydrogen (secondary N) is 2. The third kappa shape index (κ3) is 7.14. The molecule has 1 rings (SSSR count). The largest absolute Gasteiger partial charge is 0.492 e. The first-order valence-electron chi connectivity index (χ1n) is 7.76. The van der Waals surface area contributed by atoms with Crippen molar-refractivity contribution in [1.29, 1.82) is 0 Å². The van der Waals surface area contributed by atoms with Crippen molar-refractivity contribution in [1.82, 2.24) is 10.6 Å². The standard InChI is InChI=1S/C17H28N2O2/c1-5-7-14(3)19-17(20)15(4)18-10-11-21-16-9-6-8-13(2)12-16/h6,8-9,12,14-15,18H,5,7,10-11H2,1-4H3,(H,19,20). The minimum atomic E-state index is -0.203. The molecular formula is C17H28N2O2. The molecule has 0 bridgehead atoms. The van der Waals surface area contributed by atoms with Gasteiger partial charge in [-0.3, -0.25) is 4.79 Å². The molecule has 118 valence electrons. The first-order valence-corrected chi connectivity index (χ1v) is 7.76. The van der Waals surface area contributed by atoms with Crippen LogP contribution in [0.25, 0.3) is 0 Å². The van der Waals surface area contributed by atoms with E-state index in [1.807, 2.05) is 45.0 Å². The number of carbonyl (C=O) groups excluding carboxylic acids is 1. The van der Waals surface area contributed by atoms with Crippen LogP contribution in [-0.2, 0) is 4.79 Å². The molecule has 0 saturated heterocycles. The maximum atomic E-state index is 11.9. The Kier molecular flexibility index (Phi) is 7.83. The monoisotopic (exact) mass is 292 g/mol. The average molecular weight is 292 g/mol. The van der Waals surface area contributed by atoms with Crippen molar-refractivity contribution in [3.63, 3.8) is 0 Å². The molecule has 0 heterocycles. The van der Waals surface area contributed by atoms with E-state index in [4.69, 9.17) is 4.74 Å². The summed E-state index contributed by atoms with van der Waals surface area (Å²) < 4.78 is 5.64. The van der Waals surface area contributed by atoms with Crippen molar-refractivity contribution in [3.05, 3.63) is 29.8 Å². The van der Waals surface area contributed by atoms with Crippen LogP contribution in [0.15, 0.2) is 24.3 Å². The zero-order valence-corrected chi connectivity index (χ0v) is 13.6. The van der Waals surface area contributed by atoms with Gasteiger partial charge in [-0.05, 0) is 44.9 Å². The third-order valence-electron chi connectivity index (χ3n) is 3.31. The zero-order chi connectivity index (χ0) is 15.7. The van der Waals surface area contributed by atoms with E-state index in [9.17, 15) is 4.79 Å². The van der Waals surface area contributed by atoms with Gasteiger partial charge in [-0.1, -0.05) is 25.5 Å². The van der Waals surface area contributed by atoms with Crippen molar-refractivity contribution in [3.8, 4) is 5.75 Å². The van der Waals surface area contributed by atoms with Gasteiger partial charge in [0, 0.05) is 12.6 Å². The Morgan fingerprint density at radius 2 is 2.10 bits per heavy atom. The summed E-state index contributed by atoms with van der Waals surface area (Å²) in [6.45, 7) is 9.26. The van der Waals surface area contributed by atoms with Crippen LogP contribution in [0.3, 0.4) is 0 Å². The van der Waals surface area contributed by atoms with E-state index < -0.39 is 0 Å². The number of hydrogen-bond acceptors (Lipinski definition) is 3. The van der Waals surface area contributed by atoms with E-state index in [1.54, 1.807) is 0 Å². The van der Waals surface area contributed by atoms with E-state index in [2.05, 4.69) is 17.6 Å². The molecule has 1 aromatic carbocycles. The number of amides is 1. The summed E-state index contributed by atoms with van der Waals surface area (Å²) >= 11 is 0.